The third kappa shape index (κ3) is 8.09. The van der Waals surface area contributed by atoms with Crippen LogP contribution in [0.4, 0.5) is 13.2 Å². The summed E-state index contributed by atoms with van der Waals surface area (Å²) < 4.78 is 45.3. The first-order valence-corrected chi connectivity index (χ1v) is 14.3. The number of methoxy groups -OCH3 is 1. The van der Waals surface area contributed by atoms with E-state index in [0.29, 0.717) is 11.3 Å². The van der Waals surface area contributed by atoms with E-state index in [0.717, 1.165) is 48.4 Å². The number of hydrogen-bond donors (Lipinski definition) is 2. The van der Waals surface area contributed by atoms with Gasteiger partial charge in [-0.15, -0.1) is 5.10 Å². The van der Waals surface area contributed by atoms with Gasteiger partial charge in [0.2, 0.25) is 0 Å². The molecule has 0 amide bonds. The largest absolute Gasteiger partial charge is 0.494 e. The molecule has 0 bridgehead atoms. The fourth-order valence-corrected chi connectivity index (χ4v) is 5.35. The molecule has 10 nitrogen and oxygen atoms in total. The van der Waals surface area contributed by atoms with Gasteiger partial charge in [-0.05, 0) is 53.8 Å². The quantitative estimate of drug-likeness (QED) is 0.253. The summed E-state index contributed by atoms with van der Waals surface area (Å²) in [5, 5.41) is 25.3. The number of halogens is 3. The molecule has 0 spiro atoms. The van der Waals surface area contributed by atoms with Crippen LogP contribution in [0.15, 0.2) is 54.6 Å². The molecule has 2 N–H and O–H groups in total. The van der Waals surface area contributed by atoms with Crippen LogP contribution in [0.5, 0.6) is 11.5 Å². The van der Waals surface area contributed by atoms with Crippen LogP contribution < -0.4 is 9.47 Å². The maximum absolute atomic E-state index is 12.0. The molecule has 5 rings (SSSR count). The van der Waals surface area contributed by atoms with Gasteiger partial charge < -0.3 is 19.7 Å². The monoisotopic (exact) mass is 628 g/mol. The predicted octanol–water partition coefficient (Wildman–Crippen LogP) is 5.70. The van der Waals surface area contributed by atoms with Crippen LogP contribution >= 0.6 is 0 Å². The molecule has 2 heterocycles. The second kappa shape index (κ2) is 14.0. The summed E-state index contributed by atoms with van der Waals surface area (Å²) in [6, 6.07) is 18.4. The molecule has 0 saturated carbocycles. The van der Waals surface area contributed by atoms with E-state index in [9.17, 15) is 23.1 Å². The number of rotatable bonds is 8. The van der Waals surface area contributed by atoms with E-state index >= 15 is 0 Å². The predicted molar refractivity (Wildman–Crippen MR) is 159 cm³/mol. The number of aromatic nitrogens is 3. The highest BCUT2D eigenvalue weighted by atomic mass is 19.4. The second-order valence-electron chi connectivity index (χ2n) is 10.9. The van der Waals surface area contributed by atoms with Crippen LogP contribution in [0, 0.1) is 6.92 Å². The molecule has 13 heteroatoms. The molecule has 45 heavy (non-hydrogen) atoms. The number of carboxylic acids is 2. The van der Waals surface area contributed by atoms with Crippen molar-refractivity contribution in [1.29, 1.82) is 0 Å². The van der Waals surface area contributed by atoms with Gasteiger partial charge >= 0.3 is 18.1 Å². The average Bonchev–Trinajstić information content (AvgIpc) is 3.26. The Morgan fingerprint density at radius 3 is 2.47 bits per heavy atom. The fraction of sp³-hybridized carbons (Fsp3) is 0.375. The van der Waals surface area contributed by atoms with Crippen molar-refractivity contribution in [3.63, 3.8) is 0 Å². The standard InChI is InChI=1S/C30H34N4O4.C2HF3O2/c1-5-24-18-34(16-21-8-6-7-9-27(21)38-24)17-23-12-20(11-10-19(23)2)25(15-29(35)36)22-13-26-30(28(14-22)37-4)33(3)32-31-26;3-2(4,5)1(6)7/h6-14,24-25H,5,15-18H2,1-4H3,(H,35,36);(H,6,7). The Morgan fingerprint density at radius 1 is 1.11 bits per heavy atom. The van der Waals surface area contributed by atoms with E-state index in [1.165, 1.54) is 16.7 Å². The van der Waals surface area contributed by atoms with E-state index in [1.807, 2.05) is 37.4 Å². The first-order chi connectivity index (χ1) is 21.3. The van der Waals surface area contributed by atoms with Crippen molar-refractivity contribution in [2.24, 2.45) is 7.05 Å². The Hall–Kier alpha value is -4.65. The minimum atomic E-state index is -5.08. The van der Waals surface area contributed by atoms with Crippen LogP contribution in [0.2, 0.25) is 0 Å². The topological polar surface area (TPSA) is 127 Å². The Kier molecular flexibility index (Phi) is 10.3. The van der Waals surface area contributed by atoms with Gasteiger partial charge in [-0.3, -0.25) is 9.69 Å². The number of hydrogen-bond acceptors (Lipinski definition) is 7. The summed E-state index contributed by atoms with van der Waals surface area (Å²) in [4.78, 5) is 23.3. The van der Waals surface area contributed by atoms with E-state index in [2.05, 4.69) is 53.3 Å². The van der Waals surface area contributed by atoms with Crippen molar-refractivity contribution >= 4 is 23.0 Å². The fourth-order valence-electron chi connectivity index (χ4n) is 5.35. The lowest BCUT2D eigenvalue weighted by atomic mass is 9.86. The number of fused-ring (bicyclic) bond motifs is 2. The zero-order chi connectivity index (χ0) is 32.9. The maximum Gasteiger partial charge on any atom is 0.490 e. The lowest BCUT2D eigenvalue weighted by Crippen LogP contribution is -2.32. The number of aliphatic carboxylic acids is 2. The molecule has 2 unspecified atom stereocenters. The number of para-hydroxylation sites is 1. The van der Waals surface area contributed by atoms with Gasteiger partial charge in [-0.25, -0.2) is 9.48 Å². The van der Waals surface area contributed by atoms with Gasteiger partial charge in [0, 0.05) is 38.2 Å². The molecule has 0 aliphatic carbocycles. The van der Waals surface area contributed by atoms with E-state index in [-0.39, 0.29) is 18.4 Å². The van der Waals surface area contributed by atoms with Gasteiger partial charge in [-0.2, -0.15) is 13.2 Å². The summed E-state index contributed by atoms with van der Waals surface area (Å²) in [7, 11) is 3.42. The number of ether oxygens (including phenoxy) is 2. The molecule has 1 aliphatic heterocycles. The van der Waals surface area contributed by atoms with E-state index in [1.54, 1.807) is 11.8 Å². The number of nitrogens with zero attached hydrogens (tertiary/aromatic N) is 4. The summed E-state index contributed by atoms with van der Waals surface area (Å²) in [5.74, 6) is -2.39. The van der Waals surface area contributed by atoms with E-state index in [4.69, 9.17) is 19.4 Å². The lowest BCUT2D eigenvalue weighted by molar-refractivity contribution is -0.192. The number of aryl methyl sites for hydroxylation is 2. The van der Waals surface area contributed by atoms with E-state index < -0.39 is 18.1 Å². The molecule has 2 atom stereocenters. The number of carbonyl (C=O) groups is 2. The Labute approximate surface area is 258 Å². The summed E-state index contributed by atoms with van der Waals surface area (Å²) in [5.41, 5.74) is 6.80. The SMILES string of the molecule is CCC1CN(Cc2cc(C(CC(=O)O)c3cc(OC)c4c(c3)nnn4C)ccc2C)Cc2ccccc2O1.O=C(O)C(F)(F)F. The molecule has 1 aromatic heterocycles. The highest BCUT2D eigenvalue weighted by Crippen LogP contribution is 2.36. The first-order valence-electron chi connectivity index (χ1n) is 14.3. The molecule has 1 aliphatic rings. The molecular formula is C32H35F3N4O6. The highest BCUT2D eigenvalue weighted by molar-refractivity contribution is 5.83. The number of carboxylic acid groups (broad SMARTS) is 2. The van der Waals surface area contributed by atoms with Crippen LogP contribution in [-0.4, -0.2) is 68.0 Å². The summed E-state index contributed by atoms with van der Waals surface area (Å²) in [6.07, 6.45) is -4.08. The number of alkyl halides is 3. The molecule has 240 valence electrons. The third-order valence-corrected chi connectivity index (χ3v) is 7.68. The van der Waals surface area contributed by atoms with Crippen LogP contribution in [0.3, 0.4) is 0 Å². The maximum atomic E-state index is 12.0. The number of benzene rings is 3. The zero-order valence-corrected chi connectivity index (χ0v) is 25.3. The Morgan fingerprint density at radius 2 is 1.82 bits per heavy atom. The molecule has 0 radical (unpaired) electrons. The van der Waals surface area contributed by atoms with Gasteiger partial charge in [-0.1, -0.05) is 48.5 Å². The molecule has 3 aromatic carbocycles. The summed E-state index contributed by atoms with van der Waals surface area (Å²) in [6.45, 7) is 6.64. The summed E-state index contributed by atoms with van der Waals surface area (Å²) >= 11 is 0. The van der Waals surface area contributed by atoms with Crippen molar-refractivity contribution in [3.05, 3.63) is 82.4 Å². The lowest BCUT2D eigenvalue weighted by Gasteiger charge is -2.25. The third-order valence-electron chi connectivity index (χ3n) is 7.68. The van der Waals surface area contributed by atoms with Crippen molar-refractivity contribution in [2.45, 2.75) is 58.0 Å². The molecular weight excluding hydrogens is 593 g/mol. The Bertz CT molecular complexity index is 1670. The zero-order valence-electron chi connectivity index (χ0n) is 25.3. The van der Waals surface area contributed by atoms with Gasteiger partial charge in [0.15, 0.2) is 0 Å². The molecule has 0 fully saturated rings. The van der Waals surface area contributed by atoms with Crippen molar-refractivity contribution in [3.8, 4) is 11.5 Å². The van der Waals surface area contributed by atoms with Crippen LogP contribution in [0.1, 0.15) is 53.5 Å². The van der Waals surface area contributed by atoms with Crippen LogP contribution in [0.25, 0.3) is 11.0 Å². The molecule has 0 saturated heterocycles. The van der Waals surface area contributed by atoms with Gasteiger partial charge in [0.25, 0.3) is 0 Å². The second-order valence-corrected chi connectivity index (χ2v) is 10.9. The smallest absolute Gasteiger partial charge is 0.490 e. The normalized spacial score (nSPS) is 15.7. The average molecular weight is 629 g/mol. The van der Waals surface area contributed by atoms with Crippen LogP contribution in [-0.2, 0) is 29.7 Å². The highest BCUT2D eigenvalue weighted by Gasteiger charge is 2.38. The molecule has 4 aromatic rings. The van der Waals surface area contributed by atoms with Crippen molar-refractivity contribution in [2.75, 3.05) is 13.7 Å². The van der Waals surface area contributed by atoms with Crippen molar-refractivity contribution in [1.82, 2.24) is 19.9 Å². The van der Waals surface area contributed by atoms with Gasteiger partial charge in [0.1, 0.15) is 28.6 Å². The van der Waals surface area contributed by atoms with Crippen molar-refractivity contribution < 1.29 is 42.4 Å². The minimum absolute atomic E-state index is 0.0414. The van der Waals surface area contributed by atoms with Gasteiger partial charge in [0.05, 0.1) is 13.5 Å². The first kappa shape index (κ1) is 33.2. The Balaban J connectivity index is 0.000000591. The minimum Gasteiger partial charge on any atom is -0.494 e.